The lowest BCUT2D eigenvalue weighted by Crippen LogP contribution is -2.25. The summed E-state index contributed by atoms with van der Waals surface area (Å²) in [6, 6.07) is 0. The lowest BCUT2D eigenvalue weighted by Gasteiger charge is -2.15. The van der Waals surface area contributed by atoms with Crippen molar-refractivity contribution in [3.05, 3.63) is 10.1 Å². The van der Waals surface area contributed by atoms with Crippen LogP contribution in [0.5, 0.6) is 0 Å². The first kappa shape index (κ1) is 12.7. The zero-order chi connectivity index (χ0) is 11.4. The van der Waals surface area contributed by atoms with E-state index in [1.165, 1.54) is 11.8 Å². The van der Waals surface area contributed by atoms with E-state index in [-0.39, 0.29) is 5.97 Å². The minimum atomic E-state index is -0.339. The van der Waals surface area contributed by atoms with Crippen molar-refractivity contribution in [1.29, 1.82) is 0 Å². The van der Waals surface area contributed by atoms with Crippen molar-refractivity contribution < 1.29 is 9.53 Å². The van der Waals surface area contributed by atoms with Gasteiger partial charge in [-0.3, -0.25) is 0 Å². The first-order valence-corrected chi connectivity index (χ1v) is 5.94. The average Bonchev–Trinajstić information content (AvgIpc) is 2.45. The van der Waals surface area contributed by atoms with Crippen LogP contribution in [0.25, 0.3) is 0 Å². The van der Waals surface area contributed by atoms with Gasteiger partial charge in [-0.15, -0.1) is 0 Å². The van der Waals surface area contributed by atoms with Gasteiger partial charge in [0.1, 0.15) is 16.7 Å². The van der Waals surface area contributed by atoms with Crippen LogP contribution >= 0.6 is 23.4 Å². The van der Waals surface area contributed by atoms with Crippen molar-refractivity contribution in [2.24, 2.45) is 0 Å². The molecule has 15 heavy (non-hydrogen) atoms. The lowest BCUT2D eigenvalue weighted by molar-refractivity contribution is -0.140. The van der Waals surface area contributed by atoms with E-state index >= 15 is 0 Å². The van der Waals surface area contributed by atoms with Gasteiger partial charge in [-0.25, -0.2) is 4.79 Å². The van der Waals surface area contributed by atoms with Crippen LogP contribution in [0.4, 0.5) is 0 Å². The van der Waals surface area contributed by atoms with Gasteiger partial charge in [0.05, 0.1) is 5.88 Å². The Morgan fingerprint density at radius 1 is 1.67 bits per heavy atom. The molecule has 1 rings (SSSR count). The van der Waals surface area contributed by atoms with Gasteiger partial charge in [0, 0.05) is 13.6 Å². The van der Waals surface area contributed by atoms with Crippen LogP contribution in [0, 0.1) is 0 Å². The first-order valence-electron chi connectivity index (χ1n) is 4.58. The third-order valence-electron chi connectivity index (χ3n) is 1.92. The topological polar surface area (TPSA) is 32.8 Å². The maximum Gasteiger partial charge on any atom is 0.356 e. The molecule has 0 saturated heterocycles. The summed E-state index contributed by atoms with van der Waals surface area (Å²) in [6.07, 6.45) is 0. The number of halogens is 1. The van der Waals surface area contributed by atoms with E-state index in [9.17, 15) is 4.79 Å². The Kier molecular flexibility index (Phi) is 4.76. The zero-order valence-electron chi connectivity index (χ0n) is 9.12. The van der Waals surface area contributed by atoms with Crippen molar-refractivity contribution in [3.8, 4) is 0 Å². The molecule has 6 heteroatoms. The van der Waals surface area contributed by atoms with Crippen LogP contribution in [-0.2, 0) is 9.53 Å². The summed E-state index contributed by atoms with van der Waals surface area (Å²) in [5.41, 5.74) is 0.473. The smallest absolute Gasteiger partial charge is 0.356 e. The summed E-state index contributed by atoms with van der Waals surface area (Å²) in [7, 11) is 5.68. The molecule has 0 spiro atoms. The van der Waals surface area contributed by atoms with Gasteiger partial charge < -0.3 is 14.5 Å². The molecule has 1 aliphatic rings. The second kappa shape index (κ2) is 5.63. The van der Waals surface area contributed by atoms with Gasteiger partial charge in [-0.05, 0) is 14.1 Å². The van der Waals surface area contributed by atoms with Gasteiger partial charge in [-0.1, -0.05) is 23.4 Å². The second-order valence-electron chi connectivity index (χ2n) is 3.53. The van der Waals surface area contributed by atoms with Gasteiger partial charge in [-0.2, -0.15) is 0 Å². The van der Waals surface area contributed by atoms with E-state index in [1.807, 2.05) is 26.0 Å². The summed E-state index contributed by atoms with van der Waals surface area (Å²) in [4.78, 5) is 15.4. The SMILES string of the molecule is CN(C)CCOC(=O)C1=C(Cl)SCN1C. The first-order chi connectivity index (χ1) is 7.02. The monoisotopic (exact) mass is 250 g/mol. The minimum Gasteiger partial charge on any atom is -0.460 e. The Hall–Kier alpha value is -0.390. The number of hydrogen-bond acceptors (Lipinski definition) is 5. The van der Waals surface area contributed by atoms with Crippen LogP contribution in [0.2, 0.25) is 0 Å². The molecule has 0 bridgehead atoms. The van der Waals surface area contributed by atoms with E-state index in [1.54, 1.807) is 4.90 Å². The number of thioether (sulfide) groups is 1. The number of nitrogens with zero attached hydrogens (tertiary/aromatic N) is 2. The van der Waals surface area contributed by atoms with E-state index in [0.717, 1.165) is 0 Å². The molecule has 0 aromatic rings. The Labute approximate surface area is 99.2 Å². The van der Waals surface area contributed by atoms with Crippen molar-refractivity contribution in [2.45, 2.75) is 0 Å². The molecule has 0 unspecified atom stereocenters. The summed E-state index contributed by atoms with van der Waals surface area (Å²) in [6.45, 7) is 1.10. The second-order valence-corrected chi connectivity index (χ2v) is 5.09. The Balaban J connectivity index is 2.43. The number of likely N-dealkylation sites (N-methyl/N-ethyl adjacent to an activating group) is 2. The van der Waals surface area contributed by atoms with Crippen molar-refractivity contribution in [3.63, 3.8) is 0 Å². The van der Waals surface area contributed by atoms with Gasteiger partial charge in [0.2, 0.25) is 0 Å². The molecule has 0 N–H and O–H groups in total. The number of hydrogen-bond donors (Lipinski definition) is 0. The minimum absolute atomic E-state index is 0.339. The van der Waals surface area contributed by atoms with Crippen LogP contribution < -0.4 is 0 Å². The summed E-state index contributed by atoms with van der Waals surface area (Å²) < 4.78 is 5.62. The number of carbonyl (C=O) groups is 1. The molecule has 0 aromatic carbocycles. The van der Waals surface area contributed by atoms with E-state index in [2.05, 4.69) is 0 Å². The maximum atomic E-state index is 11.6. The predicted molar refractivity (Wildman–Crippen MR) is 62.6 cm³/mol. The highest BCUT2D eigenvalue weighted by molar-refractivity contribution is 8.04. The largest absolute Gasteiger partial charge is 0.460 e. The quantitative estimate of drug-likeness (QED) is 0.699. The summed E-state index contributed by atoms with van der Waals surface area (Å²) >= 11 is 7.34. The highest BCUT2D eigenvalue weighted by Gasteiger charge is 2.26. The molecule has 0 aliphatic carbocycles. The fraction of sp³-hybridized carbons (Fsp3) is 0.667. The molecule has 4 nitrogen and oxygen atoms in total. The number of carbonyl (C=O) groups excluding carboxylic acids is 1. The fourth-order valence-corrected chi connectivity index (χ4v) is 2.24. The van der Waals surface area contributed by atoms with Crippen LogP contribution in [0.15, 0.2) is 10.1 Å². The predicted octanol–water partition coefficient (Wildman–Crippen LogP) is 1.14. The number of ether oxygens (including phenoxy) is 1. The molecule has 0 radical (unpaired) electrons. The van der Waals surface area contributed by atoms with Gasteiger partial charge in [0.25, 0.3) is 0 Å². The van der Waals surface area contributed by atoms with E-state index in [0.29, 0.717) is 29.1 Å². The van der Waals surface area contributed by atoms with Crippen molar-refractivity contribution in [2.75, 3.05) is 40.2 Å². The Morgan fingerprint density at radius 3 is 2.80 bits per heavy atom. The molecule has 1 aliphatic heterocycles. The Bertz CT molecular complexity index is 281. The summed E-state index contributed by atoms with van der Waals surface area (Å²) in [5, 5.41) is 0. The number of esters is 1. The number of rotatable bonds is 4. The Morgan fingerprint density at radius 2 is 2.33 bits per heavy atom. The summed E-state index contributed by atoms with van der Waals surface area (Å²) in [5.74, 6) is 0.367. The zero-order valence-corrected chi connectivity index (χ0v) is 10.7. The van der Waals surface area contributed by atoms with Crippen molar-refractivity contribution in [1.82, 2.24) is 9.80 Å². The van der Waals surface area contributed by atoms with Crippen LogP contribution in [-0.4, -0.2) is 55.9 Å². The normalized spacial score (nSPS) is 16.5. The molecular weight excluding hydrogens is 236 g/mol. The fourth-order valence-electron chi connectivity index (χ4n) is 1.06. The molecule has 0 aromatic heterocycles. The molecule has 1 heterocycles. The van der Waals surface area contributed by atoms with E-state index in [4.69, 9.17) is 16.3 Å². The van der Waals surface area contributed by atoms with Crippen LogP contribution in [0.3, 0.4) is 0 Å². The highest BCUT2D eigenvalue weighted by atomic mass is 35.5. The third-order valence-corrected chi connectivity index (χ3v) is 3.39. The third kappa shape index (κ3) is 3.59. The molecular formula is C9H15ClN2O2S. The standard InChI is InChI=1S/C9H15ClN2O2S/c1-11(2)4-5-14-9(13)7-8(10)15-6-12(7)3/h4-6H2,1-3H3. The maximum absolute atomic E-state index is 11.6. The van der Waals surface area contributed by atoms with E-state index < -0.39 is 0 Å². The molecule has 0 atom stereocenters. The highest BCUT2D eigenvalue weighted by Crippen LogP contribution is 2.33. The molecule has 86 valence electrons. The van der Waals surface area contributed by atoms with Crippen LogP contribution in [0.1, 0.15) is 0 Å². The molecule has 0 saturated carbocycles. The molecule has 0 fully saturated rings. The average molecular weight is 251 g/mol. The lowest BCUT2D eigenvalue weighted by atomic mass is 10.4. The van der Waals surface area contributed by atoms with Crippen molar-refractivity contribution >= 4 is 29.3 Å². The molecule has 0 amide bonds. The van der Waals surface area contributed by atoms with Gasteiger partial charge in [0.15, 0.2) is 0 Å². The van der Waals surface area contributed by atoms with Gasteiger partial charge >= 0.3 is 5.97 Å².